The molecule has 0 radical (unpaired) electrons. The smallest absolute Gasteiger partial charge is 0.239 e. The number of nitrogens with zero attached hydrogens (tertiary/aromatic N) is 4. The zero-order valence-corrected chi connectivity index (χ0v) is 19.7. The van der Waals surface area contributed by atoms with Crippen LogP contribution in [0.2, 0.25) is 0 Å². The summed E-state index contributed by atoms with van der Waals surface area (Å²) in [5, 5.41) is 14.3. The van der Waals surface area contributed by atoms with E-state index in [2.05, 4.69) is 25.8 Å². The minimum absolute atomic E-state index is 0.0553. The Hall–Kier alpha value is -4.27. The van der Waals surface area contributed by atoms with Gasteiger partial charge >= 0.3 is 0 Å². The van der Waals surface area contributed by atoms with Crippen molar-refractivity contribution in [2.24, 2.45) is 0 Å². The summed E-state index contributed by atoms with van der Waals surface area (Å²) in [7, 11) is 0. The van der Waals surface area contributed by atoms with Gasteiger partial charge in [0.1, 0.15) is 11.6 Å². The molecule has 35 heavy (non-hydrogen) atoms. The number of hydrogen-bond donors (Lipinski definition) is 3. The van der Waals surface area contributed by atoms with Crippen LogP contribution in [0, 0.1) is 0 Å². The third-order valence-electron chi connectivity index (χ3n) is 5.88. The van der Waals surface area contributed by atoms with Gasteiger partial charge in [-0.3, -0.25) is 14.7 Å². The summed E-state index contributed by atoms with van der Waals surface area (Å²) in [5.41, 5.74) is 4.47. The molecule has 4 aromatic rings. The van der Waals surface area contributed by atoms with E-state index in [0.29, 0.717) is 31.0 Å². The molecule has 0 fully saturated rings. The van der Waals surface area contributed by atoms with Crippen LogP contribution in [-0.4, -0.2) is 51.0 Å². The van der Waals surface area contributed by atoms with Crippen LogP contribution in [0.3, 0.4) is 0 Å². The summed E-state index contributed by atoms with van der Waals surface area (Å²) in [5.74, 6) is 1.33. The summed E-state index contributed by atoms with van der Waals surface area (Å²) in [6.07, 6.45) is 4.26. The zero-order valence-electron chi connectivity index (χ0n) is 19.7. The number of H-pyrrole nitrogens is 1. The second-order valence-corrected chi connectivity index (χ2v) is 9.02. The molecular formula is C26H27N7O2. The van der Waals surface area contributed by atoms with E-state index in [4.69, 9.17) is 4.98 Å². The van der Waals surface area contributed by atoms with Crippen LogP contribution in [0.4, 0.5) is 17.2 Å². The van der Waals surface area contributed by atoms with E-state index in [0.717, 1.165) is 33.4 Å². The van der Waals surface area contributed by atoms with Gasteiger partial charge in [0.25, 0.3) is 0 Å². The molecule has 0 saturated carbocycles. The van der Waals surface area contributed by atoms with Crippen molar-refractivity contribution in [3.8, 4) is 11.4 Å². The number of aromatic nitrogens is 4. The van der Waals surface area contributed by atoms with Gasteiger partial charge in [0.2, 0.25) is 5.91 Å². The molecule has 0 atom stereocenters. The van der Waals surface area contributed by atoms with Gasteiger partial charge in [-0.2, -0.15) is 5.10 Å². The number of hydrogen-bond acceptors (Lipinski definition) is 7. The van der Waals surface area contributed by atoms with Gasteiger partial charge in [-0.15, -0.1) is 0 Å². The van der Waals surface area contributed by atoms with Crippen LogP contribution < -0.4 is 15.5 Å². The normalized spacial score (nSPS) is 13.6. The van der Waals surface area contributed by atoms with E-state index in [1.807, 2.05) is 61.2 Å². The molecule has 0 aliphatic carbocycles. The third kappa shape index (κ3) is 5.13. The number of nitrogens with one attached hydrogen (secondary N) is 3. The molecule has 9 heteroatoms. The number of benzene rings is 2. The van der Waals surface area contributed by atoms with Crippen LogP contribution in [-0.2, 0) is 16.0 Å². The fourth-order valence-electron chi connectivity index (χ4n) is 4.27. The molecule has 0 bridgehead atoms. The number of fused-ring (bicyclic) bond motifs is 2. The van der Waals surface area contributed by atoms with Gasteiger partial charge in [-0.1, -0.05) is 12.1 Å². The van der Waals surface area contributed by atoms with Crippen molar-refractivity contribution in [2.45, 2.75) is 32.7 Å². The predicted octanol–water partition coefficient (Wildman–Crippen LogP) is 3.61. The fourth-order valence-corrected chi connectivity index (χ4v) is 4.27. The second kappa shape index (κ2) is 9.54. The number of Topliss-reactive ketones (excluding diaryl/α,β-unsaturated/α-hetero) is 1. The Labute approximate surface area is 203 Å². The summed E-state index contributed by atoms with van der Waals surface area (Å²) in [6.45, 7) is 4.56. The first-order valence-corrected chi connectivity index (χ1v) is 11.7. The van der Waals surface area contributed by atoms with Gasteiger partial charge in [0.05, 0.1) is 18.3 Å². The Morgan fingerprint density at radius 3 is 2.91 bits per heavy atom. The Kier molecular flexibility index (Phi) is 6.13. The van der Waals surface area contributed by atoms with Crippen LogP contribution in [0.25, 0.3) is 22.3 Å². The molecular weight excluding hydrogens is 442 g/mol. The van der Waals surface area contributed by atoms with E-state index in [9.17, 15) is 9.59 Å². The molecule has 2 aromatic heterocycles. The molecule has 178 valence electrons. The van der Waals surface area contributed by atoms with Gasteiger partial charge in [0.15, 0.2) is 5.82 Å². The summed E-state index contributed by atoms with van der Waals surface area (Å²) >= 11 is 0. The van der Waals surface area contributed by atoms with Gasteiger partial charge < -0.3 is 15.5 Å². The minimum atomic E-state index is -0.0669. The zero-order chi connectivity index (χ0) is 24.4. The van der Waals surface area contributed by atoms with Gasteiger partial charge in [-0.25, -0.2) is 9.97 Å². The average Bonchev–Trinajstić information content (AvgIpc) is 3.23. The highest BCUT2D eigenvalue weighted by molar-refractivity contribution is 5.88. The van der Waals surface area contributed by atoms with Crippen LogP contribution in [0.1, 0.15) is 25.8 Å². The predicted molar refractivity (Wildman–Crippen MR) is 136 cm³/mol. The molecule has 0 unspecified atom stereocenters. The van der Waals surface area contributed by atoms with E-state index >= 15 is 0 Å². The molecule has 9 nitrogen and oxygen atoms in total. The topological polar surface area (TPSA) is 116 Å². The number of aromatic amines is 1. The number of amides is 1. The fraction of sp³-hybridized carbons (Fsp3) is 0.269. The maximum atomic E-state index is 12.5. The lowest BCUT2D eigenvalue weighted by Gasteiger charge is -2.25. The highest BCUT2D eigenvalue weighted by Crippen LogP contribution is 2.30. The molecule has 2 aromatic carbocycles. The van der Waals surface area contributed by atoms with Gasteiger partial charge in [-0.05, 0) is 49.7 Å². The summed E-state index contributed by atoms with van der Waals surface area (Å²) < 4.78 is 0. The Morgan fingerprint density at radius 1 is 1.17 bits per heavy atom. The highest BCUT2D eigenvalue weighted by Gasteiger charge is 2.22. The van der Waals surface area contributed by atoms with Crippen molar-refractivity contribution in [1.29, 1.82) is 0 Å². The van der Waals surface area contributed by atoms with E-state index < -0.39 is 0 Å². The van der Waals surface area contributed by atoms with Gasteiger partial charge in [0, 0.05) is 53.9 Å². The lowest BCUT2D eigenvalue weighted by atomic mass is 10.0. The van der Waals surface area contributed by atoms with Crippen molar-refractivity contribution in [2.75, 3.05) is 23.3 Å². The average molecular weight is 470 g/mol. The Morgan fingerprint density at radius 2 is 2.06 bits per heavy atom. The molecule has 3 N–H and O–H groups in total. The molecule has 1 aliphatic heterocycles. The highest BCUT2D eigenvalue weighted by atomic mass is 16.2. The first-order valence-electron chi connectivity index (χ1n) is 11.7. The van der Waals surface area contributed by atoms with Crippen molar-refractivity contribution in [1.82, 2.24) is 25.5 Å². The standard InChI is InChI=1S/C26H27N7O2/c1-16(2)29-25(35)15-33-10-8-21(34)12-17-3-4-18(13-23(17)33)26-27-9-7-24(31-26)30-20-5-6-22-19(11-20)14-28-32-22/h3-7,9,11,13-14,16H,8,10,12,15H2,1-2H3,(H,28,32)(H,29,35)(H,27,30,31). The van der Waals surface area contributed by atoms with Crippen LogP contribution in [0.5, 0.6) is 0 Å². The first kappa shape index (κ1) is 22.5. The monoisotopic (exact) mass is 469 g/mol. The molecule has 0 spiro atoms. The second-order valence-electron chi connectivity index (χ2n) is 9.02. The number of anilines is 3. The summed E-state index contributed by atoms with van der Waals surface area (Å²) in [6, 6.07) is 13.6. The minimum Gasteiger partial charge on any atom is -0.362 e. The SMILES string of the molecule is CC(C)NC(=O)CN1CCC(=O)Cc2ccc(-c3nccc(Nc4ccc5[nH]ncc5c4)n3)cc21. The maximum Gasteiger partial charge on any atom is 0.239 e. The largest absolute Gasteiger partial charge is 0.362 e. The molecule has 0 saturated heterocycles. The molecule has 3 heterocycles. The summed E-state index contributed by atoms with van der Waals surface area (Å²) in [4.78, 5) is 36.0. The number of ketones is 1. The molecule has 5 rings (SSSR count). The van der Waals surface area contributed by atoms with Crippen LogP contribution >= 0.6 is 0 Å². The van der Waals surface area contributed by atoms with Crippen molar-refractivity contribution < 1.29 is 9.59 Å². The van der Waals surface area contributed by atoms with Crippen molar-refractivity contribution >= 4 is 39.8 Å². The quantitative estimate of drug-likeness (QED) is 0.395. The Bertz CT molecular complexity index is 1400. The van der Waals surface area contributed by atoms with Crippen molar-refractivity contribution in [3.63, 3.8) is 0 Å². The van der Waals surface area contributed by atoms with Crippen molar-refractivity contribution in [3.05, 3.63) is 60.4 Å². The third-order valence-corrected chi connectivity index (χ3v) is 5.88. The number of carbonyl (C=O) groups excluding carboxylic acids is 2. The Balaban J connectivity index is 1.43. The maximum absolute atomic E-state index is 12.5. The lowest BCUT2D eigenvalue weighted by molar-refractivity contribution is -0.121. The number of carbonyl (C=O) groups is 2. The van der Waals surface area contributed by atoms with Crippen LogP contribution in [0.15, 0.2) is 54.9 Å². The van der Waals surface area contributed by atoms with E-state index in [-0.39, 0.29) is 24.3 Å². The first-order chi connectivity index (χ1) is 16.9. The lowest BCUT2D eigenvalue weighted by Crippen LogP contribution is -2.40. The van der Waals surface area contributed by atoms with E-state index in [1.165, 1.54) is 0 Å². The molecule has 1 aliphatic rings. The van der Waals surface area contributed by atoms with E-state index in [1.54, 1.807) is 12.4 Å². The molecule has 1 amide bonds. The number of rotatable bonds is 6.